The smallest absolute Gasteiger partial charge is 0.170 e. The highest BCUT2D eigenvalue weighted by atomic mass is 19.1. The number of benzene rings is 1. The summed E-state index contributed by atoms with van der Waals surface area (Å²) in [5, 5.41) is 7.14. The summed E-state index contributed by atoms with van der Waals surface area (Å²) in [6.45, 7) is 0.608. The molecule has 5 heteroatoms. The first kappa shape index (κ1) is 11.3. The van der Waals surface area contributed by atoms with Crippen LogP contribution in [-0.4, -0.2) is 11.2 Å². The normalized spacial score (nSPS) is 15.0. The maximum atomic E-state index is 13.5. The van der Waals surface area contributed by atoms with Crippen LogP contribution >= 0.6 is 0 Å². The van der Waals surface area contributed by atoms with Gasteiger partial charge in [-0.15, -0.1) is 0 Å². The minimum Gasteiger partial charge on any atom is -0.356 e. The van der Waals surface area contributed by atoms with E-state index in [0.29, 0.717) is 18.3 Å². The number of hydrogen-bond donors (Lipinski definition) is 1. The molecule has 1 aromatic heterocycles. The lowest BCUT2D eigenvalue weighted by Crippen LogP contribution is -2.15. The molecule has 1 saturated carbocycles. The Kier molecular flexibility index (Phi) is 2.83. The molecular formula is C13H12F2N2O. The van der Waals surface area contributed by atoms with Crippen LogP contribution in [0.15, 0.2) is 28.8 Å². The molecule has 1 fully saturated rings. The van der Waals surface area contributed by atoms with Gasteiger partial charge in [-0.05, 0) is 25.0 Å². The zero-order chi connectivity index (χ0) is 12.5. The van der Waals surface area contributed by atoms with E-state index in [9.17, 15) is 8.78 Å². The molecule has 94 valence electrons. The molecule has 0 bridgehead atoms. The predicted octanol–water partition coefficient (Wildman–Crippen LogP) is 2.87. The van der Waals surface area contributed by atoms with Crippen molar-refractivity contribution in [3.8, 4) is 11.3 Å². The van der Waals surface area contributed by atoms with Crippen molar-refractivity contribution in [2.24, 2.45) is 0 Å². The van der Waals surface area contributed by atoms with E-state index in [1.807, 2.05) is 0 Å². The fourth-order valence-electron chi connectivity index (χ4n) is 1.75. The van der Waals surface area contributed by atoms with Crippen LogP contribution in [0.5, 0.6) is 0 Å². The molecule has 1 aliphatic carbocycles. The zero-order valence-electron chi connectivity index (χ0n) is 9.62. The zero-order valence-corrected chi connectivity index (χ0v) is 9.62. The summed E-state index contributed by atoms with van der Waals surface area (Å²) in [7, 11) is 0. The van der Waals surface area contributed by atoms with Gasteiger partial charge in [0.2, 0.25) is 0 Å². The van der Waals surface area contributed by atoms with Crippen LogP contribution in [0.3, 0.4) is 0 Å². The predicted molar refractivity (Wildman–Crippen MR) is 61.7 cm³/mol. The van der Waals surface area contributed by atoms with Gasteiger partial charge in [-0.1, -0.05) is 5.16 Å². The quantitative estimate of drug-likeness (QED) is 0.906. The average Bonchev–Trinajstić information content (AvgIpc) is 3.05. The van der Waals surface area contributed by atoms with E-state index in [4.69, 9.17) is 4.52 Å². The van der Waals surface area contributed by atoms with E-state index in [2.05, 4.69) is 10.5 Å². The van der Waals surface area contributed by atoms with Crippen molar-refractivity contribution in [1.82, 2.24) is 10.5 Å². The number of aromatic nitrogens is 1. The summed E-state index contributed by atoms with van der Waals surface area (Å²) in [5.74, 6) is -0.931. The monoisotopic (exact) mass is 250 g/mol. The van der Waals surface area contributed by atoms with Gasteiger partial charge in [0, 0.05) is 24.7 Å². The average molecular weight is 250 g/mol. The number of nitrogens with zero attached hydrogens (tertiary/aromatic N) is 1. The Balaban J connectivity index is 1.78. The number of nitrogens with one attached hydrogen (secondary N) is 1. The van der Waals surface area contributed by atoms with Gasteiger partial charge in [0.05, 0.1) is 11.3 Å². The number of rotatable bonds is 4. The van der Waals surface area contributed by atoms with Gasteiger partial charge < -0.3 is 9.84 Å². The van der Waals surface area contributed by atoms with Crippen LogP contribution in [0.1, 0.15) is 18.5 Å². The summed E-state index contributed by atoms with van der Waals surface area (Å²) in [4.78, 5) is 0. The second-order valence-corrected chi connectivity index (χ2v) is 4.46. The van der Waals surface area contributed by atoms with Crippen LogP contribution in [0.4, 0.5) is 8.78 Å². The van der Waals surface area contributed by atoms with Crippen LogP contribution in [0.25, 0.3) is 11.3 Å². The van der Waals surface area contributed by atoms with E-state index in [0.717, 1.165) is 11.8 Å². The first-order chi connectivity index (χ1) is 8.72. The summed E-state index contributed by atoms with van der Waals surface area (Å²) in [6, 6.07) is 5.63. The van der Waals surface area contributed by atoms with Crippen molar-refractivity contribution in [2.45, 2.75) is 25.4 Å². The summed E-state index contributed by atoms with van der Waals surface area (Å²) < 4.78 is 31.4. The van der Waals surface area contributed by atoms with Crippen molar-refractivity contribution in [3.63, 3.8) is 0 Å². The Labute approximate surface area is 103 Å². The van der Waals surface area contributed by atoms with E-state index in [-0.39, 0.29) is 5.56 Å². The van der Waals surface area contributed by atoms with Crippen LogP contribution in [0.2, 0.25) is 0 Å². The third-order valence-electron chi connectivity index (χ3n) is 2.90. The van der Waals surface area contributed by atoms with Crippen LogP contribution in [0, 0.1) is 11.6 Å². The molecule has 0 saturated heterocycles. The van der Waals surface area contributed by atoms with Crippen molar-refractivity contribution < 1.29 is 13.3 Å². The highest BCUT2D eigenvalue weighted by Crippen LogP contribution is 2.25. The highest BCUT2D eigenvalue weighted by molar-refractivity contribution is 5.58. The maximum absolute atomic E-state index is 13.5. The van der Waals surface area contributed by atoms with Gasteiger partial charge in [-0.3, -0.25) is 0 Å². The first-order valence-corrected chi connectivity index (χ1v) is 5.87. The molecule has 1 aromatic carbocycles. The Morgan fingerprint density at radius 1 is 1.28 bits per heavy atom. The topological polar surface area (TPSA) is 38.1 Å². The Hall–Kier alpha value is -1.75. The Morgan fingerprint density at radius 3 is 2.83 bits per heavy atom. The lowest BCUT2D eigenvalue weighted by molar-refractivity contribution is 0.417. The molecule has 2 aromatic rings. The standard InChI is InChI=1S/C13H12F2N2O/c14-8-1-4-11(12(15)5-8)13-6-10(17-18-13)7-16-9-2-3-9/h1,4-6,9,16H,2-3,7H2. The number of hydrogen-bond acceptors (Lipinski definition) is 3. The van der Waals surface area contributed by atoms with Gasteiger partial charge >= 0.3 is 0 Å². The second kappa shape index (κ2) is 4.49. The fraction of sp³-hybridized carbons (Fsp3) is 0.308. The van der Waals surface area contributed by atoms with E-state index in [1.165, 1.54) is 25.0 Å². The van der Waals surface area contributed by atoms with Crippen molar-refractivity contribution in [3.05, 3.63) is 41.6 Å². The molecule has 1 N–H and O–H groups in total. The third kappa shape index (κ3) is 2.41. The lowest BCUT2D eigenvalue weighted by Gasteiger charge is -1.97. The first-order valence-electron chi connectivity index (χ1n) is 5.87. The molecule has 3 nitrogen and oxygen atoms in total. The van der Waals surface area contributed by atoms with Crippen molar-refractivity contribution in [1.29, 1.82) is 0 Å². The largest absolute Gasteiger partial charge is 0.356 e. The van der Waals surface area contributed by atoms with E-state index in [1.54, 1.807) is 6.07 Å². The molecule has 0 radical (unpaired) electrons. The van der Waals surface area contributed by atoms with Crippen molar-refractivity contribution in [2.75, 3.05) is 0 Å². The van der Waals surface area contributed by atoms with Gasteiger partial charge in [0.15, 0.2) is 5.76 Å². The van der Waals surface area contributed by atoms with Crippen LogP contribution < -0.4 is 5.32 Å². The molecule has 0 spiro atoms. The van der Waals surface area contributed by atoms with Gasteiger partial charge in [0.1, 0.15) is 11.6 Å². The van der Waals surface area contributed by atoms with Gasteiger partial charge in [-0.2, -0.15) is 0 Å². The van der Waals surface area contributed by atoms with Gasteiger partial charge in [-0.25, -0.2) is 8.78 Å². The van der Waals surface area contributed by atoms with E-state index >= 15 is 0 Å². The molecule has 0 aliphatic heterocycles. The minimum atomic E-state index is -0.646. The van der Waals surface area contributed by atoms with Crippen LogP contribution in [-0.2, 0) is 6.54 Å². The third-order valence-corrected chi connectivity index (χ3v) is 2.90. The second-order valence-electron chi connectivity index (χ2n) is 4.46. The summed E-state index contributed by atoms with van der Waals surface area (Å²) in [6.07, 6.45) is 2.38. The Bertz CT molecular complexity index is 564. The molecule has 0 amide bonds. The van der Waals surface area contributed by atoms with E-state index < -0.39 is 11.6 Å². The molecule has 0 unspecified atom stereocenters. The molecule has 18 heavy (non-hydrogen) atoms. The molecular weight excluding hydrogens is 238 g/mol. The summed E-state index contributed by atoms with van der Waals surface area (Å²) in [5.41, 5.74) is 0.946. The van der Waals surface area contributed by atoms with Crippen molar-refractivity contribution >= 4 is 0 Å². The fourth-order valence-corrected chi connectivity index (χ4v) is 1.75. The minimum absolute atomic E-state index is 0.224. The molecule has 1 aliphatic rings. The maximum Gasteiger partial charge on any atom is 0.170 e. The lowest BCUT2D eigenvalue weighted by atomic mass is 10.1. The SMILES string of the molecule is Fc1ccc(-c2cc(CNC3CC3)no2)c(F)c1. The highest BCUT2D eigenvalue weighted by Gasteiger charge is 2.21. The molecule has 1 heterocycles. The molecule has 3 rings (SSSR count). The number of halogens is 2. The Morgan fingerprint density at radius 2 is 2.11 bits per heavy atom. The summed E-state index contributed by atoms with van der Waals surface area (Å²) >= 11 is 0. The molecule has 0 atom stereocenters. The van der Waals surface area contributed by atoms with Gasteiger partial charge in [0.25, 0.3) is 0 Å².